The number of aryl methyl sites for hydroxylation is 1. The molecule has 4 rings (SSSR count). The number of aliphatic carboxylic acids is 1. The van der Waals surface area contributed by atoms with Gasteiger partial charge in [-0.3, -0.25) is 14.3 Å². The summed E-state index contributed by atoms with van der Waals surface area (Å²) in [6, 6.07) is 15.1. The number of fused-ring (bicyclic) bond motifs is 3. The Morgan fingerprint density at radius 2 is 1.74 bits per heavy atom. The van der Waals surface area contributed by atoms with E-state index >= 15 is 0 Å². The van der Waals surface area contributed by atoms with Crippen LogP contribution in [0.15, 0.2) is 60.9 Å². The molecule has 1 atom stereocenters. The molecule has 3 aromatic rings. The molecule has 0 radical (unpaired) electrons. The first-order chi connectivity index (χ1) is 16.8. The average molecular weight is 477 g/mol. The minimum atomic E-state index is -1.01. The topological polar surface area (TPSA) is 114 Å². The van der Waals surface area contributed by atoms with E-state index in [1.165, 1.54) is 11.1 Å². The van der Waals surface area contributed by atoms with Crippen molar-refractivity contribution in [3.63, 3.8) is 0 Å². The zero-order valence-corrected chi connectivity index (χ0v) is 19.7. The maximum atomic E-state index is 13.1. The van der Waals surface area contributed by atoms with E-state index in [2.05, 4.69) is 22.5 Å². The number of alkyl carbamates (subject to hydrolysis) is 1. The molecule has 9 nitrogen and oxygen atoms in total. The Morgan fingerprint density at radius 3 is 2.31 bits per heavy atom. The number of carboxylic acids is 1. The highest BCUT2D eigenvalue weighted by atomic mass is 16.5. The Morgan fingerprint density at radius 1 is 1.11 bits per heavy atom. The minimum absolute atomic E-state index is 0.0466. The minimum Gasteiger partial charge on any atom is -0.481 e. The number of hydrogen-bond donors (Lipinski definition) is 2. The van der Waals surface area contributed by atoms with Gasteiger partial charge in [0.2, 0.25) is 5.91 Å². The van der Waals surface area contributed by atoms with Crippen LogP contribution in [0.5, 0.6) is 0 Å². The summed E-state index contributed by atoms with van der Waals surface area (Å²) in [7, 11) is 3.29. The molecule has 2 N–H and O–H groups in total. The van der Waals surface area contributed by atoms with Crippen molar-refractivity contribution in [3.8, 4) is 11.1 Å². The Kier molecular flexibility index (Phi) is 7.14. The number of rotatable bonds is 9. The highest BCUT2D eigenvalue weighted by Crippen LogP contribution is 2.44. The lowest BCUT2D eigenvalue weighted by Crippen LogP contribution is -2.42. The molecule has 0 spiro atoms. The normalized spacial score (nSPS) is 13.0. The Bertz CT molecular complexity index is 1190. The van der Waals surface area contributed by atoms with Gasteiger partial charge in [-0.25, -0.2) is 4.79 Å². The van der Waals surface area contributed by atoms with E-state index in [4.69, 9.17) is 9.84 Å². The van der Waals surface area contributed by atoms with Crippen LogP contribution in [0.4, 0.5) is 4.79 Å². The van der Waals surface area contributed by atoms with Gasteiger partial charge in [0.25, 0.3) is 0 Å². The number of nitrogens with zero attached hydrogens (tertiary/aromatic N) is 3. The summed E-state index contributed by atoms with van der Waals surface area (Å²) in [4.78, 5) is 38.2. The van der Waals surface area contributed by atoms with Crippen molar-refractivity contribution in [2.24, 2.45) is 7.05 Å². The summed E-state index contributed by atoms with van der Waals surface area (Å²) < 4.78 is 7.16. The largest absolute Gasteiger partial charge is 0.481 e. The third-order valence-corrected chi connectivity index (χ3v) is 6.17. The van der Waals surface area contributed by atoms with Crippen molar-refractivity contribution in [1.82, 2.24) is 20.0 Å². The number of benzene rings is 2. The Labute approximate surface area is 203 Å². The smallest absolute Gasteiger partial charge is 0.408 e. The van der Waals surface area contributed by atoms with Crippen LogP contribution in [0.1, 0.15) is 41.5 Å². The van der Waals surface area contributed by atoms with Crippen LogP contribution in [0.3, 0.4) is 0 Å². The van der Waals surface area contributed by atoms with Crippen LogP contribution in [0.2, 0.25) is 0 Å². The molecule has 2 amide bonds. The van der Waals surface area contributed by atoms with Gasteiger partial charge in [-0.1, -0.05) is 48.5 Å². The number of carboxylic acid groups (broad SMARTS) is 1. The lowest BCUT2D eigenvalue weighted by atomic mass is 9.98. The standard InChI is InChI=1S/C26H28N4O5/c1-29(13-7-12-23(31)32)25(33)24(17-14-27-30(2)15-17)28-26(34)35-16-22-20-10-5-3-8-18(20)19-9-4-6-11-21(19)22/h3-6,8-11,14-15,22,24H,7,12-13,16H2,1-2H3,(H,28,34)(H,31,32). The lowest BCUT2D eigenvalue weighted by molar-refractivity contribution is -0.138. The maximum absolute atomic E-state index is 13.1. The van der Waals surface area contributed by atoms with Crippen molar-refractivity contribution in [2.45, 2.75) is 24.8 Å². The number of nitrogens with one attached hydrogen (secondary N) is 1. The van der Waals surface area contributed by atoms with Gasteiger partial charge < -0.3 is 20.1 Å². The number of aromatic nitrogens is 2. The van der Waals surface area contributed by atoms with Crippen molar-refractivity contribution >= 4 is 18.0 Å². The van der Waals surface area contributed by atoms with Crippen molar-refractivity contribution in [1.29, 1.82) is 0 Å². The molecule has 1 aliphatic carbocycles. The molecule has 182 valence electrons. The number of hydrogen-bond acceptors (Lipinski definition) is 5. The van der Waals surface area contributed by atoms with Crippen molar-refractivity contribution in [3.05, 3.63) is 77.6 Å². The van der Waals surface area contributed by atoms with E-state index in [-0.39, 0.29) is 31.4 Å². The molecule has 35 heavy (non-hydrogen) atoms. The molecule has 2 aromatic carbocycles. The second-order valence-corrected chi connectivity index (χ2v) is 8.61. The molecule has 1 unspecified atom stereocenters. The first-order valence-corrected chi connectivity index (χ1v) is 11.4. The highest BCUT2D eigenvalue weighted by molar-refractivity contribution is 5.87. The highest BCUT2D eigenvalue weighted by Gasteiger charge is 2.31. The number of amides is 2. The van der Waals surface area contributed by atoms with Gasteiger partial charge in [0.15, 0.2) is 0 Å². The Balaban J connectivity index is 1.45. The van der Waals surface area contributed by atoms with Crippen molar-refractivity contribution in [2.75, 3.05) is 20.2 Å². The summed E-state index contributed by atoms with van der Waals surface area (Å²) in [5.74, 6) is -1.40. The molecule has 1 aliphatic rings. The van der Waals surface area contributed by atoms with Gasteiger partial charge in [-0.15, -0.1) is 0 Å². The number of carbonyl (C=O) groups is 3. The van der Waals surface area contributed by atoms with E-state index < -0.39 is 18.1 Å². The Hall–Kier alpha value is -4.14. The van der Waals surface area contributed by atoms with Gasteiger partial charge in [0.1, 0.15) is 12.6 Å². The summed E-state index contributed by atoms with van der Waals surface area (Å²) in [5.41, 5.74) is 4.96. The van der Waals surface area contributed by atoms with Crippen LogP contribution in [-0.2, 0) is 21.4 Å². The fourth-order valence-electron chi connectivity index (χ4n) is 4.43. The lowest BCUT2D eigenvalue weighted by Gasteiger charge is -2.24. The van der Waals surface area contributed by atoms with E-state index in [0.29, 0.717) is 12.0 Å². The number of carbonyl (C=O) groups excluding carboxylic acids is 2. The van der Waals surface area contributed by atoms with Crippen LogP contribution in [0, 0.1) is 0 Å². The third kappa shape index (κ3) is 5.34. The number of likely N-dealkylation sites (N-methyl/N-ethyl adjacent to an activating group) is 1. The molecule has 0 saturated carbocycles. The molecule has 0 aliphatic heterocycles. The van der Waals surface area contributed by atoms with E-state index in [9.17, 15) is 14.4 Å². The van der Waals surface area contributed by atoms with E-state index in [1.54, 1.807) is 25.0 Å². The van der Waals surface area contributed by atoms with Gasteiger partial charge in [-0.2, -0.15) is 5.10 Å². The maximum Gasteiger partial charge on any atom is 0.408 e. The predicted octanol–water partition coefficient (Wildman–Crippen LogP) is 3.32. The summed E-state index contributed by atoms with van der Waals surface area (Å²) in [6.45, 7) is 0.372. The molecule has 0 saturated heterocycles. The SMILES string of the molecule is CN(CCCC(=O)O)C(=O)C(NC(=O)OCC1c2ccccc2-c2ccccc21)c1cnn(C)c1. The second kappa shape index (κ2) is 10.4. The monoisotopic (exact) mass is 476 g/mol. The molecule has 1 heterocycles. The third-order valence-electron chi connectivity index (χ3n) is 6.17. The molecule has 1 aromatic heterocycles. The van der Waals surface area contributed by atoms with Crippen LogP contribution in [-0.4, -0.2) is 58.0 Å². The predicted molar refractivity (Wildman–Crippen MR) is 129 cm³/mol. The average Bonchev–Trinajstić information content (AvgIpc) is 3.41. The van der Waals surface area contributed by atoms with Gasteiger partial charge in [-0.05, 0) is 28.7 Å². The first kappa shape index (κ1) is 24.0. The second-order valence-electron chi connectivity index (χ2n) is 8.61. The fraction of sp³-hybridized carbons (Fsp3) is 0.308. The summed E-state index contributed by atoms with van der Waals surface area (Å²) in [5, 5.41) is 15.6. The molecular weight excluding hydrogens is 448 g/mol. The summed E-state index contributed by atoms with van der Waals surface area (Å²) >= 11 is 0. The zero-order valence-electron chi connectivity index (χ0n) is 19.7. The van der Waals surface area contributed by atoms with Crippen molar-refractivity contribution < 1.29 is 24.2 Å². The molecule has 0 bridgehead atoms. The van der Waals surface area contributed by atoms with Gasteiger partial charge in [0, 0.05) is 44.7 Å². The van der Waals surface area contributed by atoms with Gasteiger partial charge >= 0.3 is 12.1 Å². The fourth-order valence-corrected chi connectivity index (χ4v) is 4.43. The van der Waals surface area contributed by atoms with Crippen LogP contribution in [0.25, 0.3) is 11.1 Å². The number of ether oxygens (including phenoxy) is 1. The van der Waals surface area contributed by atoms with Gasteiger partial charge in [0.05, 0.1) is 6.20 Å². The van der Waals surface area contributed by atoms with E-state index in [1.807, 2.05) is 36.4 Å². The first-order valence-electron chi connectivity index (χ1n) is 11.4. The molecular formula is C26H28N4O5. The van der Waals surface area contributed by atoms with E-state index in [0.717, 1.165) is 22.3 Å². The molecule has 9 heteroatoms. The summed E-state index contributed by atoms with van der Waals surface area (Å²) in [6.07, 6.45) is 2.71. The quantitative estimate of drug-likeness (QED) is 0.490. The molecule has 0 fully saturated rings. The van der Waals surface area contributed by atoms with Crippen LogP contribution >= 0.6 is 0 Å². The van der Waals surface area contributed by atoms with Crippen LogP contribution < -0.4 is 5.32 Å². The zero-order chi connectivity index (χ0) is 24.9.